The number of aromatic amines is 1. The van der Waals surface area contributed by atoms with Crippen LogP contribution in [-0.2, 0) is 13.0 Å². The quantitative estimate of drug-likeness (QED) is 0.546. The highest BCUT2D eigenvalue weighted by Crippen LogP contribution is 2.31. The molecule has 0 saturated carbocycles. The normalized spacial score (nSPS) is 11.2. The van der Waals surface area contributed by atoms with Gasteiger partial charge in [0.15, 0.2) is 0 Å². The van der Waals surface area contributed by atoms with Gasteiger partial charge in [-0.25, -0.2) is 4.98 Å². The van der Waals surface area contributed by atoms with Gasteiger partial charge in [0.2, 0.25) is 0 Å². The first-order chi connectivity index (χ1) is 12.7. The van der Waals surface area contributed by atoms with Crippen LogP contribution in [0.5, 0.6) is 0 Å². The lowest BCUT2D eigenvalue weighted by Crippen LogP contribution is -2.01. The van der Waals surface area contributed by atoms with Gasteiger partial charge in [-0.1, -0.05) is 30.3 Å². The standard InChI is InChI=1S/C21H22N4O/c1-15-19(16(2)24-23-15)9-6-11-25-14-22-20(17-7-4-3-5-8-17)21(25)18-10-12-26-13-18/h3-5,7-8,10,12-14H,6,9,11H2,1-2H3,(H,23,24). The number of H-pyrrole nitrogens is 1. The van der Waals surface area contributed by atoms with E-state index in [0.717, 1.165) is 53.3 Å². The number of imidazole rings is 1. The summed E-state index contributed by atoms with van der Waals surface area (Å²) < 4.78 is 7.55. The highest BCUT2D eigenvalue weighted by molar-refractivity contribution is 5.78. The molecule has 0 radical (unpaired) electrons. The third-order valence-corrected chi connectivity index (χ3v) is 4.79. The van der Waals surface area contributed by atoms with Crippen LogP contribution in [0, 0.1) is 13.8 Å². The van der Waals surface area contributed by atoms with Gasteiger partial charge < -0.3 is 8.98 Å². The maximum Gasteiger partial charge on any atom is 0.0996 e. The molecule has 1 N–H and O–H groups in total. The van der Waals surface area contributed by atoms with Crippen LogP contribution in [0.2, 0.25) is 0 Å². The highest BCUT2D eigenvalue weighted by Gasteiger charge is 2.16. The number of rotatable bonds is 6. The van der Waals surface area contributed by atoms with Crippen molar-refractivity contribution in [2.45, 2.75) is 33.2 Å². The molecule has 132 valence electrons. The predicted octanol–water partition coefficient (Wildman–Crippen LogP) is 4.78. The molecule has 0 fully saturated rings. The average molecular weight is 346 g/mol. The molecule has 0 unspecified atom stereocenters. The number of hydrogen-bond donors (Lipinski definition) is 1. The Morgan fingerprint density at radius 3 is 2.62 bits per heavy atom. The molecule has 0 spiro atoms. The third-order valence-electron chi connectivity index (χ3n) is 4.79. The summed E-state index contributed by atoms with van der Waals surface area (Å²) in [5.41, 5.74) is 7.83. The van der Waals surface area contributed by atoms with E-state index in [-0.39, 0.29) is 0 Å². The lowest BCUT2D eigenvalue weighted by Gasteiger charge is -2.09. The van der Waals surface area contributed by atoms with Gasteiger partial charge in [0.1, 0.15) is 0 Å². The fraction of sp³-hybridized carbons (Fsp3) is 0.238. The maximum atomic E-state index is 5.33. The van der Waals surface area contributed by atoms with E-state index in [4.69, 9.17) is 9.40 Å². The van der Waals surface area contributed by atoms with Gasteiger partial charge in [-0.2, -0.15) is 5.10 Å². The van der Waals surface area contributed by atoms with Gasteiger partial charge in [-0.3, -0.25) is 5.10 Å². The van der Waals surface area contributed by atoms with Crippen LogP contribution in [0.15, 0.2) is 59.7 Å². The van der Waals surface area contributed by atoms with Gasteiger partial charge in [0, 0.05) is 23.4 Å². The minimum absolute atomic E-state index is 0.893. The molecule has 5 heteroatoms. The Morgan fingerprint density at radius 1 is 1.08 bits per heavy atom. The van der Waals surface area contributed by atoms with E-state index < -0.39 is 0 Å². The Labute approximate surface area is 152 Å². The van der Waals surface area contributed by atoms with Crippen LogP contribution in [0.1, 0.15) is 23.4 Å². The number of aromatic nitrogens is 4. The predicted molar refractivity (Wildman–Crippen MR) is 102 cm³/mol. The smallest absolute Gasteiger partial charge is 0.0996 e. The Hall–Kier alpha value is -3.08. The zero-order valence-corrected chi connectivity index (χ0v) is 15.1. The van der Waals surface area contributed by atoms with Crippen molar-refractivity contribution in [3.05, 3.63) is 72.2 Å². The van der Waals surface area contributed by atoms with Crippen molar-refractivity contribution in [2.24, 2.45) is 0 Å². The van der Waals surface area contributed by atoms with E-state index in [1.54, 1.807) is 12.5 Å². The van der Waals surface area contributed by atoms with Crippen molar-refractivity contribution in [3.8, 4) is 22.5 Å². The second kappa shape index (κ2) is 7.04. The zero-order chi connectivity index (χ0) is 17.9. The van der Waals surface area contributed by atoms with Crippen molar-refractivity contribution in [3.63, 3.8) is 0 Å². The summed E-state index contributed by atoms with van der Waals surface area (Å²) in [4.78, 5) is 4.70. The fourth-order valence-electron chi connectivity index (χ4n) is 3.43. The molecule has 0 aliphatic heterocycles. The first-order valence-electron chi connectivity index (χ1n) is 8.87. The van der Waals surface area contributed by atoms with E-state index in [9.17, 15) is 0 Å². The summed E-state index contributed by atoms with van der Waals surface area (Å²) in [5, 5.41) is 7.35. The number of furan rings is 1. The Balaban J connectivity index is 1.61. The average Bonchev–Trinajstić information content (AvgIpc) is 3.38. The SMILES string of the molecule is Cc1n[nH]c(C)c1CCCn1cnc(-c2ccccc2)c1-c1ccoc1. The van der Waals surface area contributed by atoms with Crippen LogP contribution >= 0.6 is 0 Å². The maximum absolute atomic E-state index is 5.33. The molecule has 0 aliphatic rings. The molecule has 4 aromatic rings. The first kappa shape index (κ1) is 16.4. The molecule has 26 heavy (non-hydrogen) atoms. The summed E-state index contributed by atoms with van der Waals surface area (Å²) in [6, 6.07) is 12.3. The summed E-state index contributed by atoms with van der Waals surface area (Å²) in [6.07, 6.45) is 7.44. The molecule has 0 atom stereocenters. The van der Waals surface area contributed by atoms with Gasteiger partial charge in [0.25, 0.3) is 0 Å². The van der Waals surface area contributed by atoms with Gasteiger partial charge in [0.05, 0.1) is 35.9 Å². The third kappa shape index (κ3) is 3.08. The van der Waals surface area contributed by atoms with Crippen LogP contribution < -0.4 is 0 Å². The molecular formula is C21H22N4O. The molecule has 3 aromatic heterocycles. The van der Waals surface area contributed by atoms with Crippen molar-refractivity contribution < 1.29 is 4.42 Å². The van der Waals surface area contributed by atoms with E-state index in [0.29, 0.717) is 0 Å². The molecule has 5 nitrogen and oxygen atoms in total. The molecule has 3 heterocycles. The van der Waals surface area contributed by atoms with E-state index in [1.807, 2.05) is 30.6 Å². The van der Waals surface area contributed by atoms with Gasteiger partial charge >= 0.3 is 0 Å². The number of nitrogens with zero attached hydrogens (tertiary/aromatic N) is 3. The lowest BCUT2D eigenvalue weighted by atomic mass is 10.1. The number of nitrogens with one attached hydrogen (secondary N) is 1. The van der Waals surface area contributed by atoms with E-state index in [2.05, 4.69) is 40.7 Å². The van der Waals surface area contributed by atoms with Crippen LogP contribution in [0.4, 0.5) is 0 Å². The monoisotopic (exact) mass is 346 g/mol. The Bertz CT molecular complexity index is 961. The van der Waals surface area contributed by atoms with E-state index >= 15 is 0 Å². The van der Waals surface area contributed by atoms with Crippen molar-refractivity contribution in [2.75, 3.05) is 0 Å². The van der Waals surface area contributed by atoms with Gasteiger partial charge in [-0.15, -0.1) is 0 Å². The molecule has 0 aliphatic carbocycles. The van der Waals surface area contributed by atoms with Gasteiger partial charge in [-0.05, 0) is 38.3 Å². The second-order valence-electron chi connectivity index (χ2n) is 6.53. The van der Waals surface area contributed by atoms with Crippen LogP contribution in [0.25, 0.3) is 22.5 Å². The van der Waals surface area contributed by atoms with Crippen molar-refractivity contribution in [1.82, 2.24) is 19.7 Å². The highest BCUT2D eigenvalue weighted by atomic mass is 16.3. The molecule has 0 bridgehead atoms. The minimum Gasteiger partial charge on any atom is -0.472 e. The summed E-state index contributed by atoms with van der Waals surface area (Å²) in [5.74, 6) is 0. The summed E-state index contributed by atoms with van der Waals surface area (Å²) in [7, 11) is 0. The molecule has 1 aromatic carbocycles. The summed E-state index contributed by atoms with van der Waals surface area (Å²) >= 11 is 0. The Morgan fingerprint density at radius 2 is 1.92 bits per heavy atom. The van der Waals surface area contributed by atoms with Crippen molar-refractivity contribution in [1.29, 1.82) is 0 Å². The minimum atomic E-state index is 0.893. The molecule has 0 amide bonds. The van der Waals surface area contributed by atoms with Crippen LogP contribution in [0.3, 0.4) is 0 Å². The molecule has 4 rings (SSSR count). The second-order valence-corrected chi connectivity index (χ2v) is 6.53. The number of benzene rings is 1. The number of hydrogen-bond acceptors (Lipinski definition) is 3. The summed E-state index contributed by atoms with van der Waals surface area (Å²) in [6.45, 7) is 5.03. The fourth-order valence-corrected chi connectivity index (χ4v) is 3.43. The van der Waals surface area contributed by atoms with Crippen LogP contribution in [-0.4, -0.2) is 19.7 Å². The topological polar surface area (TPSA) is 59.6 Å². The van der Waals surface area contributed by atoms with E-state index in [1.165, 1.54) is 5.56 Å². The van der Waals surface area contributed by atoms with Crippen molar-refractivity contribution >= 4 is 0 Å². The largest absolute Gasteiger partial charge is 0.472 e. The number of aryl methyl sites for hydroxylation is 3. The molecular weight excluding hydrogens is 324 g/mol. The zero-order valence-electron chi connectivity index (χ0n) is 15.1. The molecule has 0 saturated heterocycles. The first-order valence-corrected chi connectivity index (χ1v) is 8.87. The Kier molecular flexibility index (Phi) is 4.44. The lowest BCUT2D eigenvalue weighted by molar-refractivity contribution is 0.567.